The zero-order valence-corrected chi connectivity index (χ0v) is 9.99. The van der Waals surface area contributed by atoms with Crippen LogP contribution in [0.1, 0.15) is 24.2 Å². The molecule has 0 aliphatic carbocycles. The number of benzene rings is 1. The van der Waals surface area contributed by atoms with E-state index in [1.807, 2.05) is 0 Å². The topological polar surface area (TPSA) is 55.8 Å². The highest BCUT2D eigenvalue weighted by molar-refractivity contribution is 5.77. The summed E-state index contributed by atoms with van der Waals surface area (Å²) in [6.45, 7) is 3.34. The summed E-state index contributed by atoms with van der Waals surface area (Å²) in [6.07, 6.45) is -1.54. The van der Waals surface area contributed by atoms with Gasteiger partial charge in [-0.05, 0) is 31.5 Å². The van der Waals surface area contributed by atoms with Crippen molar-refractivity contribution in [2.45, 2.75) is 20.0 Å². The Bertz CT molecular complexity index is 417. The molecule has 1 N–H and O–H groups in total. The molecule has 4 nitrogen and oxygen atoms in total. The van der Waals surface area contributed by atoms with E-state index in [2.05, 4.69) is 4.74 Å². The van der Waals surface area contributed by atoms with Crippen LogP contribution >= 0.6 is 0 Å². The second-order valence-corrected chi connectivity index (χ2v) is 3.50. The van der Waals surface area contributed by atoms with Gasteiger partial charge in [0.2, 0.25) is 0 Å². The van der Waals surface area contributed by atoms with Crippen LogP contribution in [0.5, 0.6) is 5.75 Å². The van der Waals surface area contributed by atoms with Gasteiger partial charge in [0.25, 0.3) is 0 Å². The maximum absolute atomic E-state index is 13.4. The fraction of sp³-hybridized carbons (Fsp3) is 0.417. The van der Waals surface area contributed by atoms with E-state index >= 15 is 0 Å². The van der Waals surface area contributed by atoms with Crippen molar-refractivity contribution in [3.05, 3.63) is 29.1 Å². The number of hydrogen-bond acceptors (Lipinski definition) is 4. The minimum absolute atomic E-state index is 0.0639. The summed E-state index contributed by atoms with van der Waals surface area (Å²) in [5.74, 6) is -1.08. The third-order valence-corrected chi connectivity index (χ3v) is 2.32. The number of aryl methyl sites for hydroxylation is 1. The molecule has 0 bridgehead atoms. The third-order valence-electron chi connectivity index (χ3n) is 2.32. The number of carbonyl (C=O) groups is 1. The predicted molar refractivity (Wildman–Crippen MR) is 59.3 cm³/mol. The molecule has 0 amide bonds. The van der Waals surface area contributed by atoms with Crippen molar-refractivity contribution in [1.82, 2.24) is 0 Å². The lowest BCUT2D eigenvalue weighted by Gasteiger charge is -2.14. The molecule has 0 aliphatic heterocycles. The lowest BCUT2D eigenvalue weighted by Crippen LogP contribution is -2.16. The lowest BCUT2D eigenvalue weighted by atomic mass is 10.1. The molecule has 0 radical (unpaired) electrons. The van der Waals surface area contributed by atoms with Gasteiger partial charge in [-0.3, -0.25) is 0 Å². The fourth-order valence-corrected chi connectivity index (χ4v) is 1.41. The highest BCUT2D eigenvalue weighted by atomic mass is 19.1. The van der Waals surface area contributed by atoms with E-state index in [-0.39, 0.29) is 17.9 Å². The Kier molecular flexibility index (Phi) is 4.45. The first-order valence-corrected chi connectivity index (χ1v) is 5.20. The van der Waals surface area contributed by atoms with Gasteiger partial charge in [0.1, 0.15) is 11.6 Å². The van der Waals surface area contributed by atoms with Crippen molar-refractivity contribution < 1.29 is 23.8 Å². The number of methoxy groups -OCH3 is 1. The van der Waals surface area contributed by atoms with Crippen LogP contribution in [0.25, 0.3) is 0 Å². The Morgan fingerprint density at radius 1 is 1.53 bits per heavy atom. The molecular formula is C12H15FO4. The first kappa shape index (κ1) is 13.4. The maximum atomic E-state index is 13.4. The van der Waals surface area contributed by atoms with Crippen molar-refractivity contribution >= 4 is 5.97 Å². The molecule has 1 atom stereocenters. The number of carbonyl (C=O) groups excluding carboxylic acids is 1. The number of hydrogen-bond donors (Lipinski definition) is 1. The van der Waals surface area contributed by atoms with Crippen molar-refractivity contribution in [3.63, 3.8) is 0 Å². The van der Waals surface area contributed by atoms with Gasteiger partial charge in [0.15, 0.2) is 6.10 Å². The van der Waals surface area contributed by atoms with Crippen molar-refractivity contribution in [1.29, 1.82) is 0 Å². The van der Waals surface area contributed by atoms with Gasteiger partial charge >= 0.3 is 5.97 Å². The summed E-state index contributed by atoms with van der Waals surface area (Å²) in [5.41, 5.74) is 0.440. The molecule has 0 spiro atoms. The van der Waals surface area contributed by atoms with Crippen LogP contribution < -0.4 is 4.74 Å². The minimum Gasteiger partial charge on any atom is -0.496 e. The average molecular weight is 242 g/mol. The van der Waals surface area contributed by atoms with Gasteiger partial charge in [0.05, 0.1) is 13.7 Å². The average Bonchev–Trinajstić information content (AvgIpc) is 2.31. The zero-order chi connectivity index (χ0) is 13.0. The van der Waals surface area contributed by atoms with E-state index in [9.17, 15) is 14.3 Å². The number of halogens is 1. The zero-order valence-electron chi connectivity index (χ0n) is 9.99. The molecule has 1 rings (SSSR count). The van der Waals surface area contributed by atoms with Crippen LogP contribution in [0.2, 0.25) is 0 Å². The molecule has 1 unspecified atom stereocenters. The van der Waals surface area contributed by atoms with E-state index in [0.717, 1.165) is 6.07 Å². The quantitative estimate of drug-likeness (QED) is 0.817. The Morgan fingerprint density at radius 2 is 2.18 bits per heavy atom. The summed E-state index contributed by atoms with van der Waals surface area (Å²) in [7, 11) is 1.38. The number of ether oxygens (including phenoxy) is 2. The molecule has 0 aromatic heterocycles. The van der Waals surface area contributed by atoms with E-state index in [1.54, 1.807) is 13.8 Å². The lowest BCUT2D eigenvalue weighted by molar-refractivity contribution is -0.153. The second-order valence-electron chi connectivity index (χ2n) is 3.50. The van der Waals surface area contributed by atoms with Crippen LogP contribution in [-0.4, -0.2) is 24.8 Å². The molecular weight excluding hydrogens is 227 g/mol. The molecule has 0 heterocycles. The van der Waals surface area contributed by atoms with Crippen LogP contribution in [0.15, 0.2) is 12.1 Å². The molecule has 94 valence electrons. The Hall–Kier alpha value is -1.62. The monoisotopic (exact) mass is 242 g/mol. The van der Waals surface area contributed by atoms with Crippen LogP contribution in [0, 0.1) is 12.7 Å². The predicted octanol–water partition coefficient (Wildman–Crippen LogP) is 1.74. The Balaban J connectivity index is 3.11. The van der Waals surface area contributed by atoms with Crippen molar-refractivity contribution in [2.75, 3.05) is 13.7 Å². The molecule has 1 aromatic rings. The first-order chi connectivity index (χ1) is 8.01. The standard InChI is InChI=1S/C12H15FO4/c1-4-17-12(15)11(14)8-6-9(13)7(2)5-10(8)16-3/h5-6,11,14H,4H2,1-3H3. The van der Waals surface area contributed by atoms with E-state index in [0.29, 0.717) is 5.56 Å². The van der Waals surface area contributed by atoms with Crippen LogP contribution in [-0.2, 0) is 9.53 Å². The van der Waals surface area contributed by atoms with Crippen molar-refractivity contribution in [2.24, 2.45) is 0 Å². The summed E-state index contributed by atoms with van der Waals surface area (Å²) >= 11 is 0. The molecule has 1 aromatic carbocycles. The summed E-state index contributed by atoms with van der Waals surface area (Å²) in [6, 6.07) is 2.50. The number of esters is 1. The summed E-state index contributed by atoms with van der Waals surface area (Å²) in [4.78, 5) is 11.4. The largest absolute Gasteiger partial charge is 0.496 e. The van der Waals surface area contributed by atoms with Gasteiger partial charge in [-0.25, -0.2) is 9.18 Å². The Morgan fingerprint density at radius 3 is 2.71 bits per heavy atom. The van der Waals surface area contributed by atoms with Gasteiger partial charge in [-0.2, -0.15) is 0 Å². The minimum atomic E-state index is -1.54. The molecule has 5 heteroatoms. The van der Waals surface area contributed by atoms with E-state index < -0.39 is 17.9 Å². The normalized spacial score (nSPS) is 12.1. The SMILES string of the molecule is CCOC(=O)C(O)c1cc(F)c(C)cc1OC. The molecule has 0 fully saturated rings. The number of rotatable bonds is 4. The molecule has 0 saturated carbocycles. The molecule has 0 aliphatic rings. The molecule has 17 heavy (non-hydrogen) atoms. The van der Waals surface area contributed by atoms with E-state index in [1.165, 1.54) is 13.2 Å². The smallest absolute Gasteiger partial charge is 0.339 e. The number of aliphatic hydroxyl groups is 1. The van der Waals surface area contributed by atoms with Gasteiger partial charge in [-0.1, -0.05) is 0 Å². The van der Waals surface area contributed by atoms with Crippen LogP contribution in [0.4, 0.5) is 4.39 Å². The maximum Gasteiger partial charge on any atom is 0.339 e. The van der Waals surface area contributed by atoms with Crippen molar-refractivity contribution in [3.8, 4) is 5.75 Å². The van der Waals surface area contributed by atoms with E-state index in [4.69, 9.17) is 4.74 Å². The summed E-state index contributed by atoms with van der Waals surface area (Å²) in [5, 5.41) is 9.73. The highest BCUT2D eigenvalue weighted by Gasteiger charge is 2.23. The van der Waals surface area contributed by atoms with Gasteiger partial charge < -0.3 is 14.6 Å². The van der Waals surface area contributed by atoms with Crippen LogP contribution in [0.3, 0.4) is 0 Å². The number of aliphatic hydroxyl groups excluding tert-OH is 1. The molecule has 0 saturated heterocycles. The second kappa shape index (κ2) is 5.63. The van der Waals surface area contributed by atoms with Gasteiger partial charge in [-0.15, -0.1) is 0 Å². The Labute approximate surface area is 99.0 Å². The third kappa shape index (κ3) is 2.94. The first-order valence-electron chi connectivity index (χ1n) is 5.20. The fourth-order valence-electron chi connectivity index (χ4n) is 1.41. The highest BCUT2D eigenvalue weighted by Crippen LogP contribution is 2.28. The summed E-state index contributed by atoms with van der Waals surface area (Å²) < 4.78 is 23.0. The van der Waals surface area contributed by atoms with Gasteiger partial charge in [0, 0.05) is 5.56 Å².